The van der Waals surface area contributed by atoms with Crippen LogP contribution in [0.1, 0.15) is 65.9 Å². The van der Waals surface area contributed by atoms with Crippen molar-refractivity contribution in [3.8, 4) is 0 Å². The van der Waals surface area contributed by atoms with Gasteiger partial charge in [0.1, 0.15) is 11.9 Å². The Morgan fingerprint density at radius 2 is 1.87 bits per heavy atom. The Morgan fingerprint density at radius 1 is 1.19 bits per heavy atom. The molecule has 2 amide bonds. The number of carbonyl (C=O) groups is 2. The number of nitrogens with one attached hydrogen (secondary N) is 1. The molecule has 1 saturated heterocycles. The zero-order valence-electron chi connectivity index (χ0n) is 19.5. The van der Waals surface area contributed by atoms with E-state index >= 15 is 0 Å². The number of likely N-dealkylation sites (tertiary alicyclic amines) is 1. The van der Waals surface area contributed by atoms with Crippen molar-refractivity contribution in [1.82, 2.24) is 10.2 Å². The van der Waals surface area contributed by atoms with Crippen LogP contribution in [-0.2, 0) is 20.9 Å². The molecule has 0 unspecified atom stereocenters. The molecule has 0 aromatic heterocycles. The van der Waals surface area contributed by atoms with E-state index in [2.05, 4.69) is 5.32 Å². The summed E-state index contributed by atoms with van der Waals surface area (Å²) in [5.41, 5.74) is 0.538. The molecule has 172 valence electrons. The van der Waals surface area contributed by atoms with Gasteiger partial charge in [0.25, 0.3) is 0 Å². The van der Waals surface area contributed by atoms with Crippen LogP contribution in [0.3, 0.4) is 0 Å². The van der Waals surface area contributed by atoms with Gasteiger partial charge < -0.3 is 15.0 Å². The highest BCUT2D eigenvalue weighted by atomic mass is 19.1. The summed E-state index contributed by atoms with van der Waals surface area (Å²) in [7, 11) is 0. The zero-order chi connectivity index (χ0) is 22.8. The highest BCUT2D eigenvalue weighted by Crippen LogP contribution is 2.41. The molecule has 1 aromatic carbocycles. The maximum atomic E-state index is 13.7. The molecule has 6 heteroatoms. The van der Waals surface area contributed by atoms with Crippen LogP contribution in [0, 0.1) is 23.1 Å². The SMILES string of the molecule is CC[C@@H](C)C(=O)N[C@H](C(=O)N1CC[C@H]2CC[C@H](OCc3ccc(F)cc3)[C@H]21)C(C)(C)C. The van der Waals surface area contributed by atoms with Crippen molar-refractivity contribution in [3.05, 3.63) is 35.6 Å². The number of carbonyl (C=O) groups excluding carboxylic acids is 2. The monoisotopic (exact) mass is 432 g/mol. The minimum absolute atomic E-state index is 0.00562. The number of fused-ring (bicyclic) bond motifs is 1. The average Bonchev–Trinajstić information content (AvgIpc) is 3.32. The number of ether oxygens (including phenoxy) is 1. The summed E-state index contributed by atoms with van der Waals surface area (Å²) in [5, 5.41) is 3.04. The maximum Gasteiger partial charge on any atom is 0.246 e. The summed E-state index contributed by atoms with van der Waals surface area (Å²) in [5.74, 6) is -0.0174. The summed E-state index contributed by atoms with van der Waals surface area (Å²) in [6.07, 6.45) is 3.64. The van der Waals surface area contributed by atoms with E-state index < -0.39 is 6.04 Å². The molecule has 0 bridgehead atoms. The third-order valence-corrected chi connectivity index (χ3v) is 6.91. The largest absolute Gasteiger partial charge is 0.371 e. The molecule has 5 atom stereocenters. The van der Waals surface area contributed by atoms with Gasteiger partial charge in [0.05, 0.1) is 18.8 Å². The van der Waals surface area contributed by atoms with Gasteiger partial charge in [0, 0.05) is 12.5 Å². The lowest BCUT2D eigenvalue weighted by Gasteiger charge is -2.37. The minimum atomic E-state index is -0.564. The van der Waals surface area contributed by atoms with Crippen LogP contribution in [0.25, 0.3) is 0 Å². The first-order valence-electron chi connectivity index (χ1n) is 11.6. The Hall–Kier alpha value is -1.95. The fourth-order valence-corrected chi connectivity index (χ4v) is 4.76. The van der Waals surface area contributed by atoms with Crippen LogP contribution in [0.5, 0.6) is 0 Å². The number of hydrogen-bond acceptors (Lipinski definition) is 3. The topological polar surface area (TPSA) is 58.6 Å². The fourth-order valence-electron chi connectivity index (χ4n) is 4.76. The molecule has 31 heavy (non-hydrogen) atoms. The molecular formula is C25H37FN2O3. The van der Waals surface area contributed by atoms with Crippen molar-refractivity contribution in [1.29, 1.82) is 0 Å². The van der Waals surface area contributed by atoms with Gasteiger partial charge in [-0.2, -0.15) is 0 Å². The number of halogens is 1. The lowest BCUT2D eigenvalue weighted by atomic mass is 9.85. The molecule has 1 heterocycles. The van der Waals surface area contributed by atoms with Gasteiger partial charge in [-0.25, -0.2) is 4.39 Å². The second kappa shape index (κ2) is 9.68. The smallest absolute Gasteiger partial charge is 0.246 e. The van der Waals surface area contributed by atoms with E-state index in [0.29, 0.717) is 19.1 Å². The van der Waals surface area contributed by atoms with Crippen molar-refractivity contribution >= 4 is 11.8 Å². The third kappa shape index (κ3) is 5.46. The molecule has 1 aliphatic heterocycles. The van der Waals surface area contributed by atoms with E-state index in [1.54, 1.807) is 12.1 Å². The van der Waals surface area contributed by atoms with Crippen molar-refractivity contribution in [2.24, 2.45) is 17.3 Å². The number of hydrogen-bond donors (Lipinski definition) is 1. The normalized spacial score (nSPS) is 25.2. The molecule has 5 nitrogen and oxygen atoms in total. The van der Waals surface area contributed by atoms with Gasteiger partial charge in [0.2, 0.25) is 11.8 Å². The molecule has 2 aliphatic rings. The van der Waals surface area contributed by atoms with Crippen LogP contribution in [0.4, 0.5) is 4.39 Å². The fraction of sp³-hybridized carbons (Fsp3) is 0.680. The average molecular weight is 433 g/mol. The van der Waals surface area contributed by atoms with Crippen molar-refractivity contribution in [2.45, 2.75) is 85.1 Å². The predicted molar refractivity (Wildman–Crippen MR) is 119 cm³/mol. The summed E-state index contributed by atoms with van der Waals surface area (Å²) >= 11 is 0. The third-order valence-electron chi connectivity index (χ3n) is 6.91. The second-order valence-electron chi connectivity index (χ2n) is 10.2. The zero-order valence-corrected chi connectivity index (χ0v) is 19.5. The highest BCUT2D eigenvalue weighted by Gasteiger charge is 2.49. The summed E-state index contributed by atoms with van der Waals surface area (Å²) in [6, 6.07) is 5.83. The van der Waals surface area contributed by atoms with Gasteiger partial charge in [0.15, 0.2) is 0 Å². The van der Waals surface area contributed by atoms with Crippen LogP contribution in [0.2, 0.25) is 0 Å². The van der Waals surface area contributed by atoms with Gasteiger partial charge in [-0.3, -0.25) is 9.59 Å². The van der Waals surface area contributed by atoms with Gasteiger partial charge in [-0.05, 0) is 54.7 Å². The Labute approximate surface area is 185 Å². The summed E-state index contributed by atoms with van der Waals surface area (Å²) in [4.78, 5) is 28.2. The highest BCUT2D eigenvalue weighted by molar-refractivity contribution is 5.89. The molecular weight excluding hydrogens is 395 g/mol. The van der Waals surface area contributed by atoms with Crippen molar-refractivity contribution < 1.29 is 18.7 Å². The molecule has 0 spiro atoms. The van der Waals surface area contributed by atoms with E-state index in [1.807, 2.05) is 39.5 Å². The first-order valence-corrected chi connectivity index (χ1v) is 11.6. The second-order valence-corrected chi connectivity index (χ2v) is 10.2. The van der Waals surface area contributed by atoms with Gasteiger partial charge >= 0.3 is 0 Å². The lowest BCUT2D eigenvalue weighted by Crippen LogP contribution is -2.57. The first kappa shape index (κ1) is 23.7. The Balaban J connectivity index is 1.71. The van der Waals surface area contributed by atoms with Crippen LogP contribution < -0.4 is 5.32 Å². The molecule has 0 radical (unpaired) electrons. The quantitative estimate of drug-likeness (QED) is 0.699. The van der Waals surface area contributed by atoms with Gasteiger partial charge in [-0.15, -0.1) is 0 Å². The Kier molecular flexibility index (Phi) is 7.40. The molecule has 1 N–H and O–H groups in total. The van der Waals surface area contributed by atoms with E-state index in [1.165, 1.54) is 12.1 Å². The predicted octanol–water partition coefficient (Wildman–Crippen LogP) is 4.30. The molecule has 2 fully saturated rings. The van der Waals surface area contributed by atoms with Crippen LogP contribution in [0.15, 0.2) is 24.3 Å². The molecule has 1 aromatic rings. The maximum absolute atomic E-state index is 13.7. The van der Waals surface area contributed by atoms with Crippen molar-refractivity contribution in [2.75, 3.05) is 6.54 Å². The molecule has 1 saturated carbocycles. The Morgan fingerprint density at radius 3 is 2.48 bits per heavy atom. The van der Waals surface area contributed by atoms with Gasteiger partial charge in [-0.1, -0.05) is 46.8 Å². The molecule has 1 aliphatic carbocycles. The van der Waals surface area contributed by atoms with Crippen LogP contribution >= 0.6 is 0 Å². The number of amides is 2. The number of rotatable bonds is 7. The van der Waals surface area contributed by atoms with E-state index in [4.69, 9.17) is 4.74 Å². The summed E-state index contributed by atoms with van der Waals surface area (Å²) in [6.45, 7) is 11.0. The molecule has 3 rings (SSSR count). The van der Waals surface area contributed by atoms with Crippen LogP contribution in [-0.4, -0.2) is 41.4 Å². The van der Waals surface area contributed by atoms with E-state index in [-0.39, 0.29) is 41.1 Å². The van der Waals surface area contributed by atoms with E-state index in [0.717, 1.165) is 31.2 Å². The Bertz CT molecular complexity index is 774. The standard InChI is InChI=1S/C25H37FN2O3/c1-6-16(2)23(29)27-22(25(3,4)5)24(30)28-14-13-18-9-12-20(21(18)28)31-15-17-7-10-19(26)11-8-17/h7-8,10-11,16,18,20-22H,6,9,12-15H2,1-5H3,(H,27,29)/t16-,18-,20+,21+,22-/m1/s1. The number of benzene rings is 1. The summed E-state index contributed by atoms with van der Waals surface area (Å²) < 4.78 is 19.4. The van der Waals surface area contributed by atoms with E-state index in [9.17, 15) is 14.0 Å². The lowest BCUT2D eigenvalue weighted by molar-refractivity contribution is -0.143. The first-order chi connectivity index (χ1) is 14.6. The number of nitrogens with zero attached hydrogens (tertiary/aromatic N) is 1. The minimum Gasteiger partial charge on any atom is -0.371 e. The van der Waals surface area contributed by atoms with Crippen molar-refractivity contribution in [3.63, 3.8) is 0 Å².